The molecule has 1 aliphatic rings. The van der Waals surface area contributed by atoms with Crippen molar-refractivity contribution >= 4 is 28.9 Å². The van der Waals surface area contributed by atoms with Crippen molar-refractivity contribution in [1.82, 2.24) is 5.32 Å². The number of rotatable bonds is 9. The lowest BCUT2D eigenvalue weighted by Gasteiger charge is -2.22. The number of carboxylic acids is 1. The number of aromatic carboxylic acids is 1. The third-order valence-electron chi connectivity index (χ3n) is 5.29. The molecular weight excluding hydrogens is 366 g/mol. The lowest BCUT2D eigenvalue weighted by Crippen LogP contribution is -2.27. The van der Waals surface area contributed by atoms with Crippen LogP contribution in [0.3, 0.4) is 0 Å². The fraction of sp³-hybridized carbons (Fsp3) is 0.476. The molecule has 3 atom stereocenters. The summed E-state index contributed by atoms with van der Waals surface area (Å²) in [4.78, 5) is 12.6. The van der Waals surface area contributed by atoms with Gasteiger partial charge in [-0.25, -0.2) is 4.79 Å². The summed E-state index contributed by atoms with van der Waals surface area (Å²) < 4.78 is 0. The van der Waals surface area contributed by atoms with Crippen molar-refractivity contribution in [3.63, 3.8) is 0 Å². The van der Waals surface area contributed by atoms with Crippen molar-refractivity contribution in [2.45, 2.75) is 44.0 Å². The first-order valence-corrected chi connectivity index (χ1v) is 10.6. The summed E-state index contributed by atoms with van der Waals surface area (Å²) in [5.41, 5.74) is 1.32. The van der Waals surface area contributed by atoms with E-state index in [2.05, 4.69) is 29.6 Å². The SMILES string of the molecule is O=C(O)c1ccc(CCC[C@@H]2[C@@H](CNCc3ccccc3)CC[C@H]2Cl)s1. The highest BCUT2D eigenvalue weighted by atomic mass is 35.5. The molecular formula is C21H26ClNO2S. The van der Waals surface area contributed by atoms with Crippen LogP contribution in [0.5, 0.6) is 0 Å². The zero-order chi connectivity index (χ0) is 18.4. The van der Waals surface area contributed by atoms with E-state index in [0.717, 1.165) is 43.6 Å². The van der Waals surface area contributed by atoms with Crippen LogP contribution in [0.15, 0.2) is 42.5 Å². The number of halogens is 1. The molecule has 2 aromatic rings. The molecule has 0 aliphatic heterocycles. The van der Waals surface area contributed by atoms with Gasteiger partial charge in [-0.3, -0.25) is 0 Å². The summed E-state index contributed by atoms with van der Waals surface area (Å²) >= 11 is 7.99. The van der Waals surface area contributed by atoms with Crippen LogP contribution in [-0.2, 0) is 13.0 Å². The highest BCUT2D eigenvalue weighted by Gasteiger charge is 2.33. The zero-order valence-corrected chi connectivity index (χ0v) is 16.4. The number of hydrogen-bond donors (Lipinski definition) is 2. The number of benzene rings is 1. The third-order valence-corrected chi connectivity index (χ3v) is 6.97. The largest absolute Gasteiger partial charge is 0.477 e. The van der Waals surface area contributed by atoms with Crippen LogP contribution in [0.2, 0.25) is 0 Å². The smallest absolute Gasteiger partial charge is 0.345 e. The molecule has 0 saturated heterocycles. The summed E-state index contributed by atoms with van der Waals surface area (Å²) in [6, 6.07) is 14.1. The minimum absolute atomic E-state index is 0.274. The molecule has 1 fully saturated rings. The third kappa shape index (κ3) is 5.32. The maximum atomic E-state index is 11.0. The first kappa shape index (κ1) is 19.4. The lowest BCUT2D eigenvalue weighted by atomic mass is 9.90. The molecule has 0 amide bonds. The van der Waals surface area contributed by atoms with E-state index in [0.29, 0.717) is 16.7 Å². The van der Waals surface area contributed by atoms with E-state index < -0.39 is 5.97 Å². The first-order chi connectivity index (χ1) is 12.6. The molecule has 1 aliphatic carbocycles. The molecule has 26 heavy (non-hydrogen) atoms. The average Bonchev–Trinajstić information content (AvgIpc) is 3.24. The molecule has 1 saturated carbocycles. The van der Waals surface area contributed by atoms with Gasteiger partial charge in [-0.15, -0.1) is 22.9 Å². The minimum Gasteiger partial charge on any atom is -0.477 e. The number of nitrogens with one attached hydrogen (secondary N) is 1. The molecule has 3 rings (SSSR count). The van der Waals surface area contributed by atoms with Crippen LogP contribution in [0.1, 0.15) is 45.8 Å². The predicted molar refractivity (Wildman–Crippen MR) is 108 cm³/mol. The molecule has 1 heterocycles. The Morgan fingerprint density at radius 2 is 2.00 bits per heavy atom. The molecule has 2 N–H and O–H groups in total. The van der Waals surface area contributed by atoms with E-state index in [-0.39, 0.29) is 5.38 Å². The Kier molecular flexibility index (Phi) is 7.12. The normalized spacial score (nSPS) is 22.6. The number of hydrogen-bond acceptors (Lipinski definition) is 3. The van der Waals surface area contributed by atoms with E-state index in [4.69, 9.17) is 16.7 Å². The van der Waals surface area contributed by atoms with Crippen LogP contribution in [-0.4, -0.2) is 23.0 Å². The number of thiophene rings is 1. The summed E-state index contributed by atoms with van der Waals surface area (Å²) in [5, 5.41) is 12.9. The van der Waals surface area contributed by atoms with Gasteiger partial charge in [-0.1, -0.05) is 30.3 Å². The monoisotopic (exact) mass is 391 g/mol. The fourth-order valence-corrected chi connectivity index (χ4v) is 5.25. The van der Waals surface area contributed by atoms with Gasteiger partial charge < -0.3 is 10.4 Å². The molecule has 5 heteroatoms. The van der Waals surface area contributed by atoms with Crippen molar-refractivity contribution in [1.29, 1.82) is 0 Å². The first-order valence-electron chi connectivity index (χ1n) is 9.34. The summed E-state index contributed by atoms with van der Waals surface area (Å²) in [5.74, 6) is 0.361. The molecule has 1 aromatic carbocycles. The van der Waals surface area contributed by atoms with Crippen LogP contribution >= 0.6 is 22.9 Å². The lowest BCUT2D eigenvalue weighted by molar-refractivity contribution is 0.0702. The molecule has 0 bridgehead atoms. The van der Waals surface area contributed by atoms with E-state index in [1.165, 1.54) is 23.3 Å². The molecule has 140 valence electrons. The van der Waals surface area contributed by atoms with Crippen molar-refractivity contribution in [2.75, 3.05) is 6.54 Å². The van der Waals surface area contributed by atoms with Crippen molar-refractivity contribution in [2.24, 2.45) is 11.8 Å². The van der Waals surface area contributed by atoms with Gasteiger partial charge in [0.05, 0.1) is 0 Å². The van der Waals surface area contributed by atoms with E-state index in [9.17, 15) is 4.79 Å². The van der Waals surface area contributed by atoms with Crippen molar-refractivity contribution in [3.05, 3.63) is 57.8 Å². The molecule has 0 spiro atoms. The second kappa shape index (κ2) is 9.54. The number of aryl methyl sites for hydroxylation is 1. The summed E-state index contributed by atoms with van der Waals surface area (Å²) in [6.45, 7) is 1.93. The number of alkyl halides is 1. The Morgan fingerprint density at radius 3 is 2.73 bits per heavy atom. The van der Waals surface area contributed by atoms with Gasteiger partial charge in [0.25, 0.3) is 0 Å². The Morgan fingerprint density at radius 1 is 1.19 bits per heavy atom. The van der Waals surface area contributed by atoms with Crippen molar-refractivity contribution < 1.29 is 9.90 Å². The van der Waals surface area contributed by atoms with Crippen LogP contribution < -0.4 is 5.32 Å². The van der Waals surface area contributed by atoms with E-state index >= 15 is 0 Å². The van der Waals surface area contributed by atoms with Gasteiger partial charge in [0.1, 0.15) is 4.88 Å². The molecule has 0 unspecified atom stereocenters. The highest BCUT2D eigenvalue weighted by molar-refractivity contribution is 7.13. The number of carboxylic acid groups (broad SMARTS) is 1. The van der Waals surface area contributed by atoms with Crippen LogP contribution in [0.4, 0.5) is 0 Å². The second-order valence-corrected chi connectivity index (χ2v) is 8.83. The summed E-state index contributed by atoms with van der Waals surface area (Å²) in [6.07, 6.45) is 5.44. The van der Waals surface area contributed by atoms with Gasteiger partial charge in [-0.05, 0) is 68.2 Å². The zero-order valence-electron chi connectivity index (χ0n) is 14.9. The minimum atomic E-state index is -0.831. The van der Waals surface area contributed by atoms with E-state index in [1.54, 1.807) is 6.07 Å². The predicted octanol–water partition coefficient (Wildman–Crippen LogP) is 5.19. The van der Waals surface area contributed by atoms with Gasteiger partial charge in [-0.2, -0.15) is 0 Å². The maximum Gasteiger partial charge on any atom is 0.345 e. The Bertz CT molecular complexity index is 703. The Balaban J connectivity index is 1.43. The highest BCUT2D eigenvalue weighted by Crippen LogP contribution is 2.38. The molecule has 0 radical (unpaired) electrons. The standard InChI is InChI=1S/C21H26ClNO2S/c22-19-11-9-16(14-23-13-15-5-2-1-3-6-15)18(19)8-4-7-17-10-12-20(26-17)21(24)25/h1-3,5-6,10,12,16,18-19,23H,4,7-9,11,13-14H2,(H,24,25)/t16-,18-,19-/m1/s1. The molecule has 3 nitrogen and oxygen atoms in total. The average molecular weight is 392 g/mol. The second-order valence-electron chi connectivity index (χ2n) is 7.10. The van der Waals surface area contributed by atoms with E-state index in [1.807, 2.05) is 12.1 Å². The van der Waals surface area contributed by atoms with Crippen LogP contribution in [0, 0.1) is 11.8 Å². The maximum absolute atomic E-state index is 11.0. The summed E-state index contributed by atoms with van der Waals surface area (Å²) in [7, 11) is 0. The van der Waals surface area contributed by atoms with Crippen LogP contribution in [0.25, 0.3) is 0 Å². The van der Waals surface area contributed by atoms with Gasteiger partial charge in [0, 0.05) is 16.8 Å². The number of carbonyl (C=O) groups is 1. The van der Waals surface area contributed by atoms with Crippen molar-refractivity contribution in [3.8, 4) is 0 Å². The Labute approximate surface area is 164 Å². The molecule has 1 aromatic heterocycles. The Hall–Kier alpha value is -1.36. The quantitative estimate of drug-likeness (QED) is 0.578. The fourth-order valence-electron chi connectivity index (χ4n) is 3.90. The van der Waals surface area contributed by atoms with Gasteiger partial charge in [0.2, 0.25) is 0 Å². The topological polar surface area (TPSA) is 49.3 Å². The van der Waals surface area contributed by atoms with Gasteiger partial charge >= 0.3 is 5.97 Å². The van der Waals surface area contributed by atoms with Gasteiger partial charge in [0.15, 0.2) is 0 Å².